The molecule has 1 amide bonds. The number of aromatic nitrogens is 2. The Hall–Kier alpha value is -2.34. The van der Waals surface area contributed by atoms with E-state index < -0.39 is 0 Å². The highest BCUT2D eigenvalue weighted by atomic mass is 16.5. The van der Waals surface area contributed by atoms with Crippen molar-refractivity contribution in [1.82, 2.24) is 14.7 Å². The number of anilines is 1. The maximum atomic E-state index is 13.7. The van der Waals surface area contributed by atoms with Gasteiger partial charge in [0.1, 0.15) is 11.3 Å². The van der Waals surface area contributed by atoms with Crippen molar-refractivity contribution in [2.45, 2.75) is 37.8 Å². The number of rotatable bonds is 3. The second kappa shape index (κ2) is 5.83. The lowest BCUT2D eigenvalue weighted by Crippen LogP contribution is -2.49. The minimum absolute atomic E-state index is 0.266. The van der Waals surface area contributed by atoms with Crippen molar-refractivity contribution in [1.29, 1.82) is 0 Å². The molecule has 3 atom stereocenters. The highest BCUT2D eigenvalue weighted by molar-refractivity contribution is 6.04. The topological polar surface area (TPSA) is 50.6 Å². The van der Waals surface area contributed by atoms with Gasteiger partial charge in [0.2, 0.25) is 5.91 Å². The monoisotopic (exact) mass is 366 g/mol. The van der Waals surface area contributed by atoms with Crippen LogP contribution in [0, 0.1) is 12.8 Å². The maximum Gasteiger partial charge on any atom is 0.247 e. The van der Waals surface area contributed by atoms with E-state index in [0.717, 1.165) is 49.5 Å². The molecule has 6 nitrogen and oxygen atoms in total. The highest BCUT2D eigenvalue weighted by Gasteiger charge is 2.65. The quantitative estimate of drug-likeness (QED) is 0.838. The van der Waals surface area contributed by atoms with Gasteiger partial charge in [0.25, 0.3) is 0 Å². The maximum absolute atomic E-state index is 13.7. The zero-order valence-electron chi connectivity index (χ0n) is 16.2. The van der Waals surface area contributed by atoms with Gasteiger partial charge in [-0.1, -0.05) is 6.07 Å². The van der Waals surface area contributed by atoms with Gasteiger partial charge in [0, 0.05) is 49.1 Å². The third kappa shape index (κ3) is 2.22. The van der Waals surface area contributed by atoms with Gasteiger partial charge in [-0.25, -0.2) is 0 Å². The van der Waals surface area contributed by atoms with Crippen LogP contribution in [0.15, 0.2) is 30.5 Å². The summed E-state index contributed by atoms with van der Waals surface area (Å²) in [5.74, 6) is 1.42. The largest absolute Gasteiger partial charge is 0.497 e. The van der Waals surface area contributed by atoms with Gasteiger partial charge in [-0.15, -0.1) is 0 Å². The number of ether oxygens (including phenoxy) is 1. The summed E-state index contributed by atoms with van der Waals surface area (Å²) in [6.45, 7) is 3.86. The van der Waals surface area contributed by atoms with Crippen LogP contribution >= 0.6 is 0 Å². The van der Waals surface area contributed by atoms with E-state index in [1.165, 1.54) is 5.56 Å². The van der Waals surface area contributed by atoms with Gasteiger partial charge in [-0.2, -0.15) is 5.10 Å². The van der Waals surface area contributed by atoms with Crippen molar-refractivity contribution >= 4 is 11.6 Å². The van der Waals surface area contributed by atoms with Crippen molar-refractivity contribution in [2.75, 3.05) is 25.1 Å². The Morgan fingerprint density at radius 1 is 1.33 bits per heavy atom. The molecule has 4 heterocycles. The standard InChI is InChI=1S/C21H26N4O2/c1-14-18(13-23(2)22-14)19-10-15-12-24(16-6-4-7-17(11-16)27-3)20(26)21(15)8-5-9-25(19)21/h4,6-7,11,13,15,19H,5,8-10,12H2,1-3H3/t15-,19-,21-/m0/s1. The molecule has 1 aromatic carbocycles. The van der Waals surface area contributed by atoms with Crippen LogP contribution in [0.2, 0.25) is 0 Å². The van der Waals surface area contributed by atoms with Crippen LogP contribution in [-0.4, -0.2) is 46.3 Å². The van der Waals surface area contributed by atoms with Gasteiger partial charge in [-0.3, -0.25) is 14.4 Å². The van der Waals surface area contributed by atoms with Crippen LogP contribution in [0.3, 0.4) is 0 Å². The molecule has 0 N–H and O–H groups in total. The predicted octanol–water partition coefficient (Wildman–Crippen LogP) is 2.68. The van der Waals surface area contributed by atoms with E-state index in [4.69, 9.17) is 4.74 Å². The normalized spacial score (nSPS) is 30.0. The first-order valence-corrected chi connectivity index (χ1v) is 9.77. The lowest BCUT2D eigenvalue weighted by atomic mass is 9.85. The molecule has 3 saturated heterocycles. The number of nitrogens with zero attached hydrogens (tertiary/aromatic N) is 4. The fourth-order valence-corrected chi connectivity index (χ4v) is 5.73. The number of hydrogen-bond acceptors (Lipinski definition) is 4. The Labute approximate surface area is 159 Å². The molecule has 27 heavy (non-hydrogen) atoms. The molecule has 3 aliphatic rings. The smallest absolute Gasteiger partial charge is 0.247 e. The Morgan fingerprint density at radius 3 is 2.93 bits per heavy atom. The number of methoxy groups -OCH3 is 1. The highest BCUT2D eigenvalue weighted by Crippen LogP contribution is 2.56. The molecule has 0 aliphatic carbocycles. The van der Waals surface area contributed by atoms with Gasteiger partial charge in [0.05, 0.1) is 12.8 Å². The minimum Gasteiger partial charge on any atom is -0.497 e. The number of hydrogen-bond donors (Lipinski definition) is 0. The Kier molecular flexibility index (Phi) is 3.63. The summed E-state index contributed by atoms with van der Waals surface area (Å²) in [6, 6.07) is 8.17. The summed E-state index contributed by atoms with van der Waals surface area (Å²) in [5.41, 5.74) is 2.98. The summed E-state index contributed by atoms with van der Waals surface area (Å²) in [5, 5.41) is 4.54. The van der Waals surface area contributed by atoms with Crippen LogP contribution < -0.4 is 9.64 Å². The molecule has 142 valence electrons. The average molecular weight is 366 g/mol. The van der Waals surface area contributed by atoms with Gasteiger partial charge < -0.3 is 9.64 Å². The number of amides is 1. The van der Waals surface area contributed by atoms with E-state index in [0.29, 0.717) is 12.0 Å². The number of carbonyl (C=O) groups excluding carboxylic acids is 1. The molecule has 3 aliphatic heterocycles. The Bertz CT molecular complexity index is 907. The van der Waals surface area contributed by atoms with Crippen molar-refractivity contribution in [2.24, 2.45) is 13.0 Å². The SMILES string of the molecule is COc1cccc(N2C[C@@H]3C[C@@H](c4cn(C)nc4C)N4CCC[C@@]34C2=O)c1. The molecule has 0 saturated carbocycles. The lowest BCUT2D eigenvalue weighted by Gasteiger charge is -2.33. The van der Waals surface area contributed by atoms with E-state index in [-0.39, 0.29) is 11.4 Å². The van der Waals surface area contributed by atoms with Crippen LogP contribution in [0.5, 0.6) is 5.75 Å². The van der Waals surface area contributed by atoms with Crippen molar-refractivity contribution < 1.29 is 9.53 Å². The van der Waals surface area contributed by atoms with Gasteiger partial charge in [0.15, 0.2) is 0 Å². The summed E-state index contributed by atoms with van der Waals surface area (Å²) in [6.07, 6.45) is 5.22. The minimum atomic E-state index is -0.337. The Balaban J connectivity index is 1.50. The van der Waals surface area contributed by atoms with Crippen LogP contribution in [0.4, 0.5) is 5.69 Å². The summed E-state index contributed by atoms with van der Waals surface area (Å²) in [7, 11) is 3.64. The van der Waals surface area contributed by atoms with E-state index >= 15 is 0 Å². The third-order valence-corrected chi connectivity index (χ3v) is 6.82. The average Bonchev–Trinajstić information content (AvgIpc) is 3.37. The van der Waals surface area contributed by atoms with Crippen LogP contribution in [0.1, 0.15) is 36.6 Å². The second-order valence-electron chi connectivity index (χ2n) is 8.13. The van der Waals surface area contributed by atoms with Gasteiger partial charge in [-0.05, 0) is 44.9 Å². The number of carbonyl (C=O) groups is 1. The van der Waals surface area contributed by atoms with Crippen LogP contribution in [-0.2, 0) is 11.8 Å². The van der Waals surface area contributed by atoms with Crippen molar-refractivity contribution in [3.05, 3.63) is 41.7 Å². The van der Waals surface area contributed by atoms with E-state index in [1.54, 1.807) is 7.11 Å². The van der Waals surface area contributed by atoms with Crippen molar-refractivity contribution in [3.8, 4) is 5.75 Å². The molecule has 1 aromatic heterocycles. The van der Waals surface area contributed by atoms with E-state index in [9.17, 15) is 4.79 Å². The molecule has 0 unspecified atom stereocenters. The molecule has 2 aromatic rings. The first-order valence-electron chi connectivity index (χ1n) is 9.77. The first kappa shape index (κ1) is 16.8. The molecular weight excluding hydrogens is 340 g/mol. The Morgan fingerprint density at radius 2 is 2.19 bits per heavy atom. The fraction of sp³-hybridized carbons (Fsp3) is 0.524. The lowest BCUT2D eigenvalue weighted by molar-refractivity contribution is -0.126. The summed E-state index contributed by atoms with van der Waals surface area (Å²) < 4.78 is 7.26. The molecular formula is C21H26N4O2. The molecule has 0 radical (unpaired) electrons. The zero-order valence-corrected chi connectivity index (χ0v) is 16.2. The fourth-order valence-electron chi connectivity index (χ4n) is 5.73. The molecule has 6 heteroatoms. The molecule has 3 fully saturated rings. The van der Waals surface area contributed by atoms with E-state index in [2.05, 4.69) is 23.1 Å². The second-order valence-corrected chi connectivity index (χ2v) is 8.13. The summed E-state index contributed by atoms with van der Waals surface area (Å²) in [4.78, 5) is 18.2. The predicted molar refractivity (Wildman–Crippen MR) is 103 cm³/mol. The van der Waals surface area contributed by atoms with E-state index in [1.807, 2.05) is 40.9 Å². The molecule has 0 bridgehead atoms. The van der Waals surface area contributed by atoms with Crippen molar-refractivity contribution in [3.63, 3.8) is 0 Å². The third-order valence-electron chi connectivity index (χ3n) is 6.82. The zero-order chi connectivity index (χ0) is 18.8. The number of aryl methyl sites for hydroxylation is 2. The first-order chi connectivity index (χ1) is 13.0. The van der Waals surface area contributed by atoms with Crippen LogP contribution in [0.25, 0.3) is 0 Å². The molecule has 5 rings (SSSR count). The summed E-state index contributed by atoms with van der Waals surface area (Å²) >= 11 is 0. The molecule has 1 spiro atoms. The van der Waals surface area contributed by atoms with Gasteiger partial charge >= 0.3 is 0 Å². The number of benzene rings is 1.